The summed E-state index contributed by atoms with van der Waals surface area (Å²) < 4.78 is 284. The van der Waals surface area contributed by atoms with Gasteiger partial charge in [-0.1, -0.05) is 139 Å². The van der Waals surface area contributed by atoms with Crippen LogP contribution in [0, 0.1) is 0 Å². The number of nitrogens with zero attached hydrogens (tertiary/aromatic N) is 3. The molecule has 0 bridgehead atoms. The first-order valence-electron chi connectivity index (χ1n) is 32.6. The molecule has 57 heavy (non-hydrogen) atoms. The van der Waals surface area contributed by atoms with Crippen molar-refractivity contribution < 1.29 is 42.5 Å². The van der Waals surface area contributed by atoms with Gasteiger partial charge in [0.25, 0.3) is 0 Å². The van der Waals surface area contributed by atoms with Gasteiger partial charge in [0.15, 0.2) is 0 Å². The Morgan fingerprint density at radius 3 is 1.39 bits per heavy atom. The molecule has 0 fully saturated rings. The topological polar surface area (TPSA) is 14.8 Å². The predicted octanol–water partition coefficient (Wildman–Crippen LogP) is 14.3. The average Bonchev–Trinajstić information content (AvgIpc) is 1.53. The summed E-state index contributed by atoms with van der Waals surface area (Å²) in [5, 5.41) is -3.14. The molecule has 12 rings (SSSR count). The standard InChI is InChI=1S/C54H35N3/c1-2-14-36(15-3-1)37-16-12-17-38(32-37)39-18-13-19-40(33-39)55-52-27-11-7-23-46(52)48-34-41(29-31-53(48)55)57-51-26-10-6-22-45(51)47-30-28-42(35-54(47)57)56-49-24-8-4-20-43(49)44-21-5-9-25-50(44)56/h1-35H/i1D,2D,3D,4D,5D,6D,7D,8D,9D,10D,11D,12D,14D,15D,16D,17D,20D,21D,22D,23D,24D,25D,26D,27D,28D,29D,30D,31D,32D,34D,35D. The molecule has 0 spiro atoms. The summed E-state index contributed by atoms with van der Waals surface area (Å²) in [5.74, 6) is 0. The zero-order valence-electron chi connectivity index (χ0n) is 59.7. The summed E-state index contributed by atoms with van der Waals surface area (Å²) in [6, 6.07) is -21.3. The first-order valence-corrected chi connectivity index (χ1v) is 17.1. The maximum Gasteiger partial charge on any atom is 0.0667 e. The van der Waals surface area contributed by atoms with E-state index in [4.69, 9.17) is 27.4 Å². The van der Waals surface area contributed by atoms with Crippen molar-refractivity contribution in [3.8, 4) is 39.3 Å². The Hall–Kier alpha value is -7.62. The summed E-state index contributed by atoms with van der Waals surface area (Å²) in [6.45, 7) is 0. The summed E-state index contributed by atoms with van der Waals surface area (Å²) >= 11 is 0. The minimum absolute atomic E-state index is 0.127. The molecule has 3 heteroatoms. The molecule has 0 N–H and O–H groups in total. The van der Waals surface area contributed by atoms with E-state index in [0.717, 1.165) is 13.7 Å². The zero-order valence-corrected chi connectivity index (χ0v) is 28.7. The predicted molar refractivity (Wildman–Crippen MR) is 240 cm³/mol. The van der Waals surface area contributed by atoms with Gasteiger partial charge < -0.3 is 13.7 Å². The summed E-state index contributed by atoms with van der Waals surface area (Å²) in [4.78, 5) is 0. The third kappa shape index (κ3) is 4.86. The lowest BCUT2D eigenvalue weighted by molar-refractivity contribution is 1.15. The molecule has 0 aliphatic rings. The molecule has 0 aliphatic heterocycles. The minimum Gasteiger partial charge on any atom is -0.309 e. The van der Waals surface area contributed by atoms with Crippen LogP contribution in [-0.4, -0.2) is 13.7 Å². The summed E-state index contributed by atoms with van der Waals surface area (Å²) in [6.07, 6.45) is 0. The second-order valence-corrected chi connectivity index (χ2v) is 12.6. The van der Waals surface area contributed by atoms with Crippen molar-refractivity contribution in [2.45, 2.75) is 0 Å². The van der Waals surface area contributed by atoms with Gasteiger partial charge >= 0.3 is 0 Å². The Labute approximate surface area is 373 Å². The zero-order chi connectivity index (χ0) is 64.4. The van der Waals surface area contributed by atoms with Gasteiger partial charge in [-0.15, -0.1) is 0 Å². The van der Waals surface area contributed by atoms with E-state index >= 15 is 0 Å². The molecule has 0 unspecified atom stereocenters. The molecule has 3 heterocycles. The lowest BCUT2D eigenvalue weighted by Gasteiger charge is -2.13. The Morgan fingerprint density at radius 1 is 0.281 bits per heavy atom. The van der Waals surface area contributed by atoms with E-state index in [1.54, 1.807) is 0 Å². The number of para-hydroxylation sites is 4. The third-order valence-corrected chi connectivity index (χ3v) is 9.54. The highest BCUT2D eigenvalue weighted by molar-refractivity contribution is 6.13. The van der Waals surface area contributed by atoms with Crippen LogP contribution >= 0.6 is 0 Å². The van der Waals surface area contributed by atoms with Crippen molar-refractivity contribution in [3.05, 3.63) is 212 Å². The van der Waals surface area contributed by atoms with Crippen LogP contribution in [-0.2, 0) is 0 Å². The number of aromatic nitrogens is 3. The average molecular weight is 757 g/mol. The van der Waals surface area contributed by atoms with Crippen LogP contribution < -0.4 is 0 Å². The van der Waals surface area contributed by atoms with Gasteiger partial charge in [-0.05, 0) is 94.8 Å². The molecule has 266 valence electrons. The van der Waals surface area contributed by atoms with Crippen LogP contribution in [0.5, 0.6) is 0 Å². The number of benzene rings is 9. The van der Waals surface area contributed by atoms with Crippen molar-refractivity contribution in [1.29, 1.82) is 0 Å². The van der Waals surface area contributed by atoms with Crippen molar-refractivity contribution in [1.82, 2.24) is 13.7 Å². The highest BCUT2D eigenvalue weighted by Gasteiger charge is 2.19. The van der Waals surface area contributed by atoms with E-state index in [9.17, 15) is 15.1 Å². The van der Waals surface area contributed by atoms with Crippen LogP contribution in [0.15, 0.2) is 212 Å². The molecule has 3 aromatic heterocycles. The van der Waals surface area contributed by atoms with E-state index < -0.39 is 281 Å². The van der Waals surface area contributed by atoms with Gasteiger partial charge in [0.1, 0.15) is 0 Å². The van der Waals surface area contributed by atoms with Crippen LogP contribution in [0.25, 0.3) is 105 Å². The maximum absolute atomic E-state index is 10.2. The Balaban J connectivity index is 1.25. The van der Waals surface area contributed by atoms with E-state index in [2.05, 4.69) is 0 Å². The number of fused-ring (bicyclic) bond motifs is 9. The lowest BCUT2D eigenvalue weighted by Crippen LogP contribution is -1.97. The molecular formula is C54H35N3. The van der Waals surface area contributed by atoms with Crippen LogP contribution in [0.3, 0.4) is 0 Å². The molecule has 0 saturated heterocycles. The van der Waals surface area contributed by atoms with Gasteiger partial charge in [-0.3, -0.25) is 0 Å². The fourth-order valence-corrected chi connectivity index (χ4v) is 7.14. The molecule has 9 aromatic carbocycles. The molecule has 0 amide bonds. The molecular weight excluding hydrogens is 691 g/mol. The molecule has 0 atom stereocenters. The van der Waals surface area contributed by atoms with Gasteiger partial charge in [0.2, 0.25) is 0 Å². The Morgan fingerprint density at radius 2 is 0.737 bits per heavy atom. The normalized spacial score (nSPS) is 19.5. The molecule has 0 radical (unpaired) electrons. The van der Waals surface area contributed by atoms with E-state index in [0.29, 0.717) is 0 Å². The Kier molecular flexibility index (Phi) is 3.02. The first-order chi connectivity index (χ1) is 41.2. The molecule has 0 aliphatic carbocycles. The van der Waals surface area contributed by atoms with Gasteiger partial charge in [-0.25, -0.2) is 0 Å². The molecule has 0 saturated carbocycles. The quantitative estimate of drug-likeness (QED) is 0.166. The van der Waals surface area contributed by atoms with Gasteiger partial charge in [0.05, 0.1) is 75.6 Å². The van der Waals surface area contributed by atoms with E-state index in [-0.39, 0.29) is 11.3 Å². The van der Waals surface area contributed by atoms with Crippen molar-refractivity contribution in [2.75, 3.05) is 0 Å². The first kappa shape index (κ1) is 13.8. The smallest absolute Gasteiger partial charge is 0.0667 e. The van der Waals surface area contributed by atoms with Crippen LogP contribution in [0.2, 0.25) is 0 Å². The summed E-state index contributed by atoms with van der Waals surface area (Å²) in [7, 11) is 0. The monoisotopic (exact) mass is 756 g/mol. The SMILES string of the molecule is [2H]c1c([2H])c([2H])c(-c2c([2H])c([2H])c([2H])c(-c3cccc(-n4c5c([2H])c([2H])c([2H])c([2H])c5c5c([2H])c(-n6c7c([2H])c([2H])c([2H])c([2H])c7c7c([2H])c([2H])c(-n8c9c([2H])c([2H])c([2H])c([2H])c9c9c([2H])c([2H])c([2H])c([2H])c98)c([2H])c76)c([2H])c([2H])c54)c3)c2[2H])c([2H])c1[2H]. The fraction of sp³-hybridized carbons (Fsp3) is 0. The van der Waals surface area contributed by atoms with Crippen LogP contribution in [0.4, 0.5) is 0 Å². The minimum atomic E-state index is -1.00. The second-order valence-electron chi connectivity index (χ2n) is 12.6. The lowest BCUT2D eigenvalue weighted by atomic mass is 9.99. The number of rotatable bonds is 5. The number of hydrogen-bond donors (Lipinski definition) is 0. The highest BCUT2D eigenvalue weighted by Crippen LogP contribution is 2.39. The maximum atomic E-state index is 10.2. The highest BCUT2D eigenvalue weighted by atomic mass is 15.0. The van der Waals surface area contributed by atoms with Gasteiger partial charge in [0, 0.05) is 49.4 Å². The molecule has 12 aromatic rings. The largest absolute Gasteiger partial charge is 0.309 e. The van der Waals surface area contributed by atoms with Crippen LogP contribution in [0.1, 0.15) is 42.5 Å². The number of hydrogen-bond acceptors (Lipinski definition) is 0. The fourth-order valence-electron chi connectivity index (χ4n) is 7.14. The van der Waals surface area contributed by atoms with Gasteiger partial charge in [-0.2, -0.15) is 0 Å². The Bertz CT molecular complexity index is 5240. The van der Waals surface area contributed by atoms with E-state index in [1.807, 2.05) is 0 Å². The molecule has 3 nitrogen and oxygen atoms in total. The van der Waals surface area contributed by atoms with Crippen molar-refractivity contribution in [2.24, 2.45) is 0 Å². The van der Waals surface area contributed by atoms with Crippen molar-refractivity contribution in [3.63, 3.8) is 0 Å². The van der Waals surface area contributed by atoms with Crippen molar-refractivity contribution >= 4 is 65.4 Å². The summed E-state index contributed by atoms with van der Waals surface area (Å²) in [5.41, 5.74) is -7.04. The van der Waals surface area contributed by atoms with E-state index in [1.165, 1.54) is 24.3 Å². The third-order valence-electron chi connectivity index (χ3n) is 9.54. The second kappa shape index (κ2) is 12.5.